The first-order valence-electron chi connectivity index (χ1n) is 10.7. The van der Waals surface area contributed by atoms with Crippen LogP contribution in [0.4, 0.5) is 10.5 Å². The van der Waals surface area contributed by atoms with Crippen molar-refractivity contribution in [3.8, 4) is 11.4 Å². The molecule has 0 aliphatic carbocycles. The fourth-order valence-corrected chi connectivity index (χ4v) is 4.64. The summed E-state index contributed by atoms with van der Waals surface area (Å²) in [6, 6.07) is 17.1. The largest absolute Gasteiger partial charge is 0.497 e. The number of thioether (sulfide) groups is 1. The maximum Gasteiger partial charge on any atom is 0.294 e. The summed E-state index contributed by atoms with van der Waals surface area (Å²) in [4.78, 5) is 39.3. The number of hydrogen-bond donors (Lipinski definition) is 1. The van der Waals surface area contributed by atoms with Gasteiger partial charge in [-0.25, -0.2) is 0 Å². The van der Waals surface area contributed by atoms with Crippen molar-refractivity contribution in [1.29, 1.82) is 0 Å². The van der Waals surface area contributed by atoms with E-state index in [9.17, 15) is 14.4 Å². The van der Waals surface area contributed by atoms with Gasteiger partial charge in [0.1, 0.15) is 12.3 Å². The number of nitrogens with one attached hydrogen (secondary N) is 1. The highest BCUT2D eigenvalue weighted by molar-refractivity contribution is 8.18. The number of imide groups is 1. The molecule has 34 heavy (non-hydrogen) atoms. The van der Waals surface area contributed by atoms with Crippen molar-refractivity contribution < 1.29 is 19.1 Å². The van der Waals surface area contributed by atoms with E-state index in [2.05, 4.69) is 5.32 Å². The molecule has 3 aromatic rings. The lowest BCUT2D eigenvalue weighted by molar-refractivity contribution is -0.127. The second-order valence-electron chi connectivity index (χ2n) is 8.07. The van der Waals surface area contributed by atoms with Crippen LogP contribution in [0.2, 0.25) is 0 Å². The van der Waals surface area contributed by atoms with Crippen LogP contribution < -0.4 is 10.1 Å². The number of aromatic nitrogens is 1. The third kappa shape index (κ3) is 4.77. The van der Waals surface area contributed by atoms with Crippen LogP contribution in [0.3, 0.4) is 0 Å². The fourth-order valence-electron chi connectivity index (χ4n) is 3.81. The van der Waals surface area contributed by atoms with Crippen LogP contribution in [0.5, 0.6) is 5.75 Å². The zero-order valence-corrected chi connectivity index (χ0v) is 20.2. The first-order chi connectivity index (χ1) is 16.3. The summed E-state index contributed by atoms with van der Waals surface area (Å²) in [7, 11) is 1.61. The number of benzene rings is 2. The molecule has 8 heteroatoms. The lowest BCUT2D eigenvalue weighted by atomic mass is 10.1. The first-order valence-corrected chi connectivity index (χ1v) is 11.5. The molecular formula is C26H25N3O4S. The topological polar surface area (TPSA) is 80.6 Å². The van der Waals surface area contributed by atoms with Gasteiger partial charge < -0.3 is 14.6 Å². The molecule has 0 radical (unpaired) electrons. The van der Waals surface area contributed by atoms with E-state index in [-0.39, 0.29) is 11.4 Å². The smallest absolute Gasteiger partial charge is 0.294 e. The lowest BCUT2D eigenvalue weighted by Crippen LogP contribution is -2.36. The number of anilines is 1. The number of carbonyl (C=O) groups is 3. The monoisotopic (exact) mass is 475 g/mol. The average Bonchev–Trinajstić information content (AvgIpc) is 3.30. The van der Waals surface area contributed by atoms with E-state index in [1.165, 1.54) is 0 Å². The third-order valence-corrected chi connectivity index (χ3v) is 6.45. The zero-order chi connectivity index (χ0) is 24.4. The van der Waals surface area contributed by atoms with Gasteiger partial charge in [0.25, 0.3) is 11.1 Å². The van der Waals surface area contributed by atoms with E-state index in [0.29, 0.717) is 5.69 Å². The van der Waals surface area contributed by atoms with Gasteiger partial charge in [0.2, 0.25) is 5.91 Å². The highest BCUT2D eigenvalue weighted by Crippen LogP contribution is 2.33. The highest BCUT2D eigenvalue weighted by Gasteiger charge is 2.36. The number of hydrogen-bond acceptors (Lipinski definition) is 5. The van der Waals surface area contributed by atoms with Crippen molar-refractivity contribution in [2.24, 2.45) is 0 Å². The van der Waals surface area contributed by atoms with Gasteiger partial charge >= 0.3 is 0 Å². The van der Waals surface area contributed by atoms with E-state index in [0.717, 1.165) is 50.6 Å². The predicted molar refractivity (Wildman–Crippen MR) is 134 cm³/mol. The molecule has 4 rings (SSSR count). The van der Waals surface area contributed by atoms with Gasteiger partial charge in [0.05, 0.1) is 12.0 Å². The molecule has 1 aliphatic rings. The molecular weight excluding hydrogens is 450 g/mol. The summed E-state index contributed by atoms with van der Waals surface area (Å²) in [5.41, 5.74) is 5.29. The van der Waals surface area contributed by atoms with Crippen LogP contribution in [-0.4, -0.2) is 40.2 Å². The standard InChI is InChI=1S/C26H25N3O4S/c1-16-5-12-22(17(2)13-16)27-24(30)15-28-25(31)23(34-26(28)32)14-20-7-6-18(3)29(20)19-8-10-21(33-4)11-9-19/h5-14H,15H2,1-4H3,(H,27,30)/b23-14-. The van der Waals surface area contributed by atoms with E-state index >= 15 is 0 Å². The number of rotatable bonds is 6. The normalized spacial score (nSPS) is 14.7. The Bertz CT molecular complexity index is 1310. The molecule has 2 aromatic carbocycles. The Morgan fingerprint density at radius 1 is 1.03 bits per heavy atom. The van der Waals surface area contributed by atoms with Gasteiger partial charge in [-0.2, -0.15) is 0 Å². The molecule has 0 atom stereocenters. The summed E-state index contributed by atoms with van der Waals surface area (Å²) >= 11 is 0.834. The quantitative estimate of drug-likeness (QED) is 0.503. The molecule has 0 spiro atoms. The fraction of sp³-hybridized carbons (Fsp3) is 0.192. The van der Waals surface area contributed by atoms with E-state index in [4.69, 9.17) is 4.74 Å². The van der Waals surface area contributed by atoms with Crippen LogP contribution in [0.1, 0.15) is 22.5 Å². The molecule has 174 valence electrons. The van der Waals surface area contributed by atoms with Crippen LogP contribution in [0.15, 0.2) is 59.5 Å². The number of carbonyl (C=O) groups excluding carboxylic acids is 3. The summed E-state index contributed by atoms with van der Waals surface area (Å²) in [5.74, 6) is -0.158. The van der Waals surface area contributed by atoms with E-state index in [1.54, 1.807) is 13.2 Å². The zero-order valence-electron chi connectivity index (χ0n) is 19.4. The maximum absolute atomic E-state index is 13.0. The SMILES string of the molecule is COc1ccc(-n2c(C)ccc2/C=C2\SC(=O)N(CC(=O)Nc3ccc(C)cc3C)C2=O)cc1. The van der Waals surface area contributed by atoms with Crippen LogP contribution in [-0.2, 0) is 9.59 Å². The Balaban J connectivity index is 1.53. The lowest BCUT2D eigenvalue weighted by Gasteiger charge is -2.14. The van der Waals surface area contributed by atoms with Gasteiger partial charge in [0.15, 0.2) is 0 Å². The number of methoxy groups -OCH3 is 1. The van der Waals surface area contributed by atoms with Crippen LogP contribution in [0, 0.1) is 20.8 Å². The number of nitrogens with zero attached hydrogens (tertiary/aromatic N) is 2. The summed E-state index contributed by atoms with van der Waals surface area (Å²) in [6.45, 7) is 5.49. The molecule has 1 N–H and O–H groups in total. The minimum absolute atomic E-state index is 0.275. The molecule has 0 bridgehead atoms. The van der Waals surface area contributed by atoms with E-state index in [1.807, 2.05) is 79.9 Å². The Morgan fingerprint density at radius 2 is 1.76 bits per heavy atom. The molecule has 1 saturated heterocycles. The summed E-state index contributed by atoms with van der Waals surface area (Å²) in [5, 5.41) is 2.32. The molecule has 1 fully saturated rings. The summed E-state index contributed by atoms with van der Waals surface area (Å²) < 4.78 is 7.21. The average molecular weight is 476 g/mol. The Labute approximate surface area is 202 Å². The summed E-state index contributed by atoms with van der Waals surface area (Å²) in [6.07, 6.45) is 1.68. The van der Waals surface area contributed by atoms with Gasteiger partial charge in [0, 0.05) is 22.8 Å². The van der Waals surface area contributed by atoms with Crippen molar-refractivity contribution in [2.75, 3.05) is 19.0 Å². The van der Waals surface area contributed by atoms with Crippen molar-refractivity contribution in [3.63, 3.8) is 0 Å². The minimum atomic E-state index is -0.481. The molecule has 3 amide bonds. The molecule has 2 heterocycles. The van der Waals surface area contributed by atoms with Crippen molar-refractivity contribution >= 4 is 40.6 Å². The van der Waals surface area contributed by atoms with Crippen molar-refractivity contribution in [2.45, 2.75) is 20.8 Å². The van der Waals surface area contributed by atoms with E-state index < -0.39 is 17.1 Å². The minimum Gasteiger partial charge on any atom is -0.497 e. The Hall–Kier alpha value is -3.78. The molecule has 1 aliphatic heterocycles. The third-order valence-electron chi connectivity index (χ3n) is 5.55. The predicted octanol–water partition coefficient (Wildman–Crippen LogP) is 5.09. The molecule has 0 unspecified atom stereocenters. The first kappa shape index (κ1) is 23.4. The van der Waals surface area contributed by atoms with Crippen LogP contribution in [0.25, 0.3) is 11.8 Å². The van der Waals surface area contributed by atoms with Gasteiger partial charge in [-0.1, -0.05) is 17.7 Å². The van der Waals surface area contributed by atoms with Gasteiger partial charge in [-0.3, -0.25) is 19.3 Å². The molecule has 7 nitrogen and oxygen atoms in total. The highest BCUT2D eigenvalue weighted by atomic mass is 32.2. The second-order valence-corrected chi connectivity index (χ2v) is 9.06. The second kappa shape index (κ2) is 9.61. The van der Waals surface area contributed by atoms with Crippen molar-refractivity contribution in [3.05, 3.63) is 82.0 Å². The number of ether oxygens (including phenoxy) is 1. The number of amides is 3. The van der Waals surface area contributed by atoms with Crippen molar-refractivity contribution in [1.82, 2.24) is 9.47 Å². The number of aryl methyl sites for hydroxylation is 3. The molecule has 0 saturated carbocycles. The van der Waals surface area contributed by atoms with Crippen LogP contribution >= 0.6 is 11.8 Å². The Kier molecular flexibility index (Phi) is 6.61. The van der Waals surface area contributed by atoms with Gasteiger partial charge in [-0.15, -0.1) is 0 Å². The van der Waals surface area contributed by atoms with Gasteiger partial charge in [-0.05, 0) is 86.6 Å². The molecule has 1 aromatic heterocycles. The maximum atomic E-state index is 13.0. The Morgan fingerprint density at radius 3 is 2.44 bits per heavy atom.